The van der Waals surface area contributed by atoms with Crippen LogP contribution in [0.3, 0.4) is 0 Å². The van der Waals surface area contributed by atoms with Crippen molar-refractivity contribution in [2.24, 2.45) is 10.8 Å². The zero-order chi connectivity index (χ0) is 30.4. The molecule has 0 aromatic carbocycles. The Balaban J connectivity index is 1.29. The van der Waals surface area contributed by atoms with E-state index in [9.17, 15) is 13.2 Å². The van der Waals surface area contributed by atoms with E-state index in [1.807, 2.05) is 6.92 Å². The number of likely N-dealkylation sites (N-methyl/N-ethyl adjacent to an activating group) is 2. The van der Waals surface area contributed by atoms with Crippen LogP contribution in [0.25, 0.3) is 0 Å². The smallest absolute Gasteiger partial charge is 0.325 e. The molecule has 3 fully saturated rings. The Hall–Kier alpha value is -0.530. The first kappa shape index (κ1) is 35.0. The van der Waals surface area contributed by atoms with Crippen LogP contribution in [-0.4, -0.2) is 119 Å². The molecule has 12 heteroatoms. The number of rotatable bonds is 19. The maximum atomic E-state index is 12.7. The van der Waals surface area contributed by atoms with Crippen molar-refractivity contribution in [1.29, 1.82) is 0 Å². The van der Waals surface area contributed by atoms with Crippen molar-refractivity contribution in [1.82, 2.24) is 19.6 Å². The second-order valence-corrected chi connectivity index (χ2v) is 17.2. The number of carbonyl (C=O) groups is 1. The highest BCUT2D eigenvalue weighted by atomic mass is 32.2. The Morgan fingerprint density at radius 2 is 1.44 bits per heavy atom. The molecule has 0 aliphatic carbocycles. The molecule has 3 heterocycles. The topological polar surface area (TPSA) is 76.7 Å². The molecule has 2 amide bonds. The molecule has 3 aliphatic rings. The Kier molecular flexibility index (Phi) is 12.8. The number of thiocarbonyl (C=S) groups is 2. The third-order valence-corrected chi connectivity index (χ3v) is 12.6. The average Bonchev–Trinajstić information content (AvgIpc) is 3.62. The number of hydrogen-bond acceptors (Lipinski definition) is 7. The van der Waals surface area contributed by atoms with Gasteiger partial charge in [-0.25, -0.2) is 9.69 Å². The minimum Gasteiger partial charge on any atom is -0.334 e. The molecule has 4 atom stereocenters. The minimum absolute atomic E-state index is 0.0116. The second kappa shape index (κ2) is 15.0. The summed E-state index contributed by atoms with van der Waals surface area (Å²) in [6.45, 7) is 18.1. The molecule has 0 N–H and O–H groups in total. The second-order valence-electron chi connectivity index (χ2n) is 12.9. The third kappa shape index (κ3) is 9.23. The number of urea groups is 1. The van der Waals surface area contributed by atoms with Crippen LogP contribution in [0.1, 0.15) is 80.1 Å². The average molecular weight is 649 g/mol. The lowest BCUT2D eigenvalue weighted by Crippen LogP contribution is -2.47. The number of carbonyl (C=O) groups excluding carboxylic acids is 1. The Labute approximate surface area is 264 Å². The van der Waals surface area contributed by atoms with Gasteiger partial charge in [-0.2, -0.15) is 0 Å². The molecule has 0 bridgehead atoms. The van der Waals surface area contributed by atoms with Crippen LogP contribution >= 0.6 is 24.4 Å². The van der Waals surface area contributed by atoms with Crippen molar-refractivity contribution in [2.45, 2.75) is 85.9 Å². The number of hydrogen-bond donors (Lipinski definition) is 0. The fraction of sp³-hybridized carbons (Fsp3) is 0.897. The first-order chi connectivity index (χ1) is 19.3. The number of ether oxygens (including phenoxy) is 1. The largest absolute Gasteiger partial charge is 0.334 e. The van der Waals surface area contributed by atoms with Crippen LogP contribution in [0.5, 0.6) is 0 Å². The van der Waals surface area contributed by atoms with Gasteiger partial charge in [-0.1, -0.05) is 59.1 Å². The van der Waals surface area contributed by atoms with Crippen molar-refractivity contribution in [2.75, 3.05) is 68.9 Å². The summed E-state index contributed by atoms with van der Waals surface area (Å²) < 4.78 is 31.2. The lowest BCUT2D eigenvalue weighted by molar-refractivity contribution is 0.0111. The van der Waals surface area contributed by atoms with E-state index < -0.39 is 21.6 Å². The molecule has 1 spiro atoms. The van der Waals surface area contributed by atoms with Crippen LogP contribution in [-0.2, 0) is 26.3 Å². The van der Waals surface area contributed by atoms with Gasteiger partial charge in [0.05, 0.1) is 18.1 Å². The minimum atomic E-state index is -0.912. The number of epoxide rings is 1. The maximum Gasteiger partial charge on any atom is 0.325 e. The van der Waals surface area contributed by atoms with Gasteiger partial charge in [0, 0.05) is 70.8 Å². The van der Waals surface area contributed by atoms with Gasteiger partial charge in [-0.3, -0.25) is 13.3 Å². The van der Waals surface area contributed by atoms with E-state index in [-0.39, 0.29) is 22.7 Å². The predicted molar refractivity (Wildman–Crippen MR) is 178 cm³/mol. The lowest BCUT2D eigenvalue weighted by atomic mass is 9.82. The molecule has 41 heavy (non-hydrogen) atoms. The van der Waals surface area contributed by atoms with Crippen molar-refractivity contribution in [3.8, 4) is 0 Å². The van der Waals surface area contributed by atoms with Gasteiger partial charge in [0.25, 0.3) is 0 Å². The third-order valence-electron chi connectivity index (χ3n) is 8.94. The molecule has 3 saturated heterocycles. The molecule has 0 radical (unpaired) electrons. The molecule has 0 aromatic rings. The summed E-state index contributed by atoms with van der Waals surface area (Å²) in [6.07, 6.45) is 5.30. The van der Waals surface area contributed by atoms with Gasteiger partial charge in [0.1, 0.15) is 11.6 Å². The van der Waals surface area contributed by atoms with E-state index in [0.717, 1.165) is 63.1 Å². The zero-order valence-corrected chi connectivity index (χ0v) is 29.3. The summed E-state index contributed by atoms with van der Waals surface area (Å²) >= 11 is 11.1. The highest BCUT2D eigenvalue weighted by Crippen LogP contribution is 2.42. The molecular weight excluding hydrogens is 597 g/mol. The molecule has 3 rings (SSSR count). The predicted octanol–water partition coefficient (Wildman–Crippen LogP) is 4.61. The molecule has 236 valence electrons. The zero-order valence-electron chi connectivity index (χ0n) is 26.1. The first-order valence-electron chi connectivity index (χ1n) is 15.3. The fourth-order valence-corrected chi connectivity index (χ4v) is 9.04. The van der Waals surface area contributed by atoms with Gasteiger partial charge in [0.15, 0.2) is 0 Å². The number of amides is 2. The summed E-state index contributed by atoms with van der Waals surface area (Å²) in [4.78, 5) is 22.4. The molecule has 0 aromatic heterocycles. The quantitative estimate of drug-likeness (QED) is 0.149. The molecule has 4 unspecified atom stereocenters. The van der Waals surface area contributed by atoms with Crippen molar-refractivity contribution in [3.63, 3.8) is 0 Å². The normalized spacial score (nSPS) is 24.5. The number of nitrogens with zero attached hydrogens (tertiary/aromatic N) is 4. The van der Waals surface area contributed by atoms with Crippen LogP contribution in [0.15, 0.2) is 0 Å². The summed E-state index contributed by atoms with van der Waals surface area (Å²) in [5, 5.41) is 0. The van der Waals surface area contributed by atoms with E-state index in [4.69, 9.17) is 29.2 Å². The fourth-order valence-electron chi connectivity index (χ4n) is 5.92. The van der Waals surface area contributed by atoms with Crippen LogP contribution in [0.4, 0.5) is 4.79 Å². The van der Waals surface area contributed by atoms with E-state index >= 15 is 0 Å². The van der Waals surface area contributed by atoms with Gasteiger partial charge in [-0.15, -0.1) is 0 Å². The van der Waals surface area contributed by atoms with E-state index in [1.54, 1.807) is 9.80 Å². The van der Waals surface area contributed by atoms with Crippen LogP contribution in [0.2, 0.25) is 0 Å². The standard InChI is InChI=1S/C29H52N4O4S4/c1-7-28(6,22-32-24(38)19-30(8-2)26(32)34)14-11-16-41(36)18-12-17-40(35)15-10-13-27(4,5)21-33-25(39)20-31(9-3)29(33)23-37-29/h7-23H2,1-6H3. The SMILES string of the molecule is CCN1CC(=S)N(CC(C)(CC)CCCS(=O)CCCS(=O)CCCC(C)(C)CN2C(=S)CN(CC)C23CO3)C1=O. The van der Waals surface area contributed by atoms with Gasteiger partial charge in [-0.05, 0) is 56.3 Å². The highest BCUT2D eigenvalue weighted by molar-refractivity contribution is 7.85. The van der Waals surface area contributed by atoms with Gasteiger partial charge >= 0.3 is 6.03 Å². The molecule has 3 aliphatic heterocycles. The van der Waals surface area contributed by atoms with E-state index in [2.05, 4.69) is 44.4 Å². The molecular formula is C29H52N4O4S4. The van der Waals surface area contributed by atoms with E-state index in [1.165, 1.54) is 0 Å². The monoisotopic (exact) mass is 648 g/mol. The van der Waals surface area contributed by atoms with Gasteiger partial charge in [0.2, 0.25) is 5.85 Å². The van der Waals surface area contributed by atoms with Crippen LogP contribution in [0, 0.1) is 10.8 Å². The Morgan fingerprint density at radius 1 is 0.854 bits per heavy atom. The van der Waals surface area contributed by atoms with Crippen molar-refractivity contribution >= 4 is 62.0 Å². The van der Waals surface area contributed by atoms with Crippen molar-refractivity contribution < 1.29 is 17.9 Å². The summed E-state index contributed by atoms with van der Waals surface area (Å²) in [7, 11) is -1.80. The summed E-state index contributed by atoms with van der Waals surface area (Å²) in [6, 6.07) is 0.0116. The van der Waals surface area contributed by atoms with E-state index in [0.29, 0.717) is 54.2 Å². The highest BCUT2D eigenvalue weighted by Gasteiger charge is 2.60. The van der Waals surface area contributed by atoms with Crippen LogP contribution < -0.4 is 0 Å². The Bertz CT molecular complexity index is 1010. The summed E-state index contributed by atoms with van der Waals surface area (Å²) in [5.74, 6) is 2.23. The Morgan fingerprint density at radius 3 is 1.95 bits per heavy atom. The first-order valence-corrected chi connectivity index (χ1v) is 19.1. The van der Waals surface area contributed by atoms with Gasteiger partial charge < -0.3 is 14.5 Å². The maximum absolute atomic E-state index is 12.7. The summed E-state index contributed by atoms with van der Waals surface area (Å²) in [5.41, 5.74) is -0.00189. The molecule has 8 nitrogen and oxygen atoms in total. The van der Waals surface area contributed by atoms with Crippen molar-refractivity contribution in [3.05, 3.63) is 0 Å². The molecule has 0 saturated carbocycles. The lowest BCUT2D eigenvalue weighted by Gasteiger charge is -2.35.